The van der Waals surface area contributed by atoms with Crippen LogP contribution in [-0.2, 0) is 11.2 Å². The van der Waals surface area contributed by atoms with E-state index in [9.17, 15) is 5.26 Å². The molecule has 108 valence electrons. The molecule has 1 aromatic carbocycles. The van der Waals surface area contributed by atoms with Crippen molar-refractivity contribution in [2.75, 3.05) is 13.2 Å². The third-order valence-corrected chi connectivity index (χ3v) is 3.66. The van der Waals surface area contributed by atoms with Gasteiger partial charge in [0, 0.05) is 13.2 Å². The summed E-state index contributed by atoms with van der Waals surface area (Å²) in [6.45, 7) is 6.05. The predicted octanol–water partition coefficient (Wildman–Crippen LogP) is 3.22. The molecule has 0 bridgehead atoms. The van der Waals surface area contributed by atoms with Gasteiger partial charge in [0.25, 0.3) is 0 Å². The average molecular weight is 272 g/mol. The van der Waals surface area contributed by atoms with Gasteiger partial charge in [0.15, 0.2) is 0 Å². The maximum Gasteiger partial charge on any atom is 0.121 e. The highest BCUT2D eigenvalue weighted by atomic mass is 16.5. The lowest BCUT2D eigenvalue weighted by molar-refractivity contribution is 0.109. The largest absolute Gasteiger partial charge is 0.377 e. The Bertz CT molecular complexity index is 441. The summed E-state index contributed by atoms with van der Waals surface area (Å²) in [5.41, 5.74) is 2.37. The van der Waals surface area contributed by atoms with E-state index in [0.29, 0.717) is 5.92 Å². The van der Waals surface area contributed by atoms with Gasteiger partial charge in [0.1, 0.15) is 6.04 Å². The molecule has 2 rings (SSSR count). The van der Waals surface area contributed by atoms with Crippen molar-refractivity contribution in [3.05, 3.63) is 35.4 Å². The quantitative estimate of drug-likeness (QED) is 0.865. The molecular weight excluding hydrogens is 248 g/mol. The molecule has 1 saturated heterocycles. The van der Waals surface area contributed by atoms with Crippen molar-refractivity contribution in [1.82, 2.24) is 5.32 Å². The Morgan fingerprint density at radius 3 is 2.65 bits per heavy atom. The van der Waals surface area contributed by atoms with Crippen molar-refractivity contribution < 1.29 is 4.74 Å². The minimum absolute atomic E-state index is 0.243. The molecule has 1 heterocycles. The van der Waals surface area contributed by atoms with Gasteiger partial charge < -0.3 is 4.74 Å². The molecule has 0 spiro atoms. The molecule has 1 aromatic rings. The van der Waals surface area contributed by atoms with Crippen LogP contribution in [0.15, 0.2) is 24.3 Å². The molecule has 1 aliphatic heterocycles. The summed E-state index contributed by atoms with van der Waals surface area (Å²) < 4.78 is 5.57. The first kappa shape index (κ1) is 15.0. The normalized spacial score (nSPS) is 20.0. The van der Waals surface area contributed by atoms with Gasteiger partial charge in [-0.05, 0) is 36.3 Å². The average Bonchev–Trinajstić information content (AvgIpc) is 2.94. The van der Waals surface area contributed by atoms with E-state index in [1.807, 2.05) is 0 Å². The Balaban J connectivity index is 1.91. The first-order chi connectivity index (χ1) is 9.69. The summed E-state index contributed by atoms with van der Waals surface area (Å²) in [7, 11) is 0. The molecule has 2 unspecified atom stereocenters. The van der Waals surface area contributed by atoms with Crippen molar-refractivity contribution in [2.24, 2.45) is 5.92 Å². The number of nitrogens with one attached hydrogen (secondary N) is 1. The number of nitrogens with zero attached hydrogens (tertiary/aromatic N) is 1. The van der Waals surface area contributed by atoms with Crippen LogP contribution in [0, 0.1) is 17.2 Å². The zero-order valence-corrected chi connectivity index (χ0v) is 12.4. The summed E-state index contributed by atoms with van der Waals surface area (Å²) in [6, 6.07) is 10.5. The monoisotopic (exact) mass is 272 g/mol. The molecule has 2 atom stereocenters. The number of ether oxygens (including phenoxy) is 1. The number of benzene rings is 1. The maximum atomic E-state index is 9.31. The van der Waals surface area contributed by atoms with Gasteiger partial charge in [-0.15, -0.1) is 0 Å². The van der Waals surface area contributed by atoms with Crippen LogP contribution in [0.25, 0.3) is 0 Å². The fourth-order valence-electron chi connectivity index (χ4n) is 2.61. The van der Waals surface area contributed by atoms with Gasteiger partial charge in [-0.1, -0.05) is 38.1 Å². The van der Waals surface area contributed by atoms with Crippen molar-refractivity contribution in [3.63, 3.8) is 0 Å². The number of hydrogen-bond acceptors (Lipinski definition) is 3. The Morgan fingerprint density at radius 1 is 1.35 bits per heavy atom. The van der Waals surface area contributed by atoms with Gasteiger partial charge in [-0.2, -0.15) is 5.26 Å². The molecule has 0 saturated carbocycles. The molecular formula is C17H24N2O. The predicted molar refractivity (Wildman–Crippen MR) is 80.3 cm³/mol. The standard InChI is InChI=1S/C17H24N2O/c1-13(2)10-14-5-7-15(8-6-14)17(11-18)19-12-16-4-3-9-20-16/h5-8,13,16-17,19H,3-4,9-10,12H2,1-2H3. The van der Waals surface area contributed by atoms with Crippen molar-refractivity contribution in [2.45, 2.75) is 45.3 Å². The lowest BCUT2D eigenvalue weighted by Gasteiger charge is -2.16. The third kappa shape index (κ3) is 4.33. The Hall–Kier alpha value is -1.37. The van der Waals surface area contributed by atoms with Crippen LogP contribution in [-0.4, -0.2) is 19.3 Å². The molecule has 1 fully saturated rings. The summed E-state index contributed by atoms with van der Waals surface area (Å²) >= 11 is 0. The smallest absolute Gasteiger partial charge is 0.121 e. The minimum atomic E-state index is -0.243. The van der Waals surface area contributed by atoms with Crippen LogP contribution < -0.4 is 5.32 Å². The van der Waals surface area contributed by atoms with Crippen LogP contribution in [0.5, 0.6) is 0 Å². The van der Waals surface area contributed by atoms with Gasteiger partial charge in [-0.25, -0.2) is 0 Å². The lowest BCUT2D eigenvalue weighted by atomic mass is 9.99. The van der Waals surface area contributed by atoms with Crippen molar-refractivity contribution >= 4 is 0 Å². The highest BCUT2D eigenvalue weighted by Gasteiger charge is 2.18. The second-order valence-corrected chi connectivity index (χ2v) is 5.94. The van der Waals surface area contributed by atoms with E-state index in [2.05, 4.69) is 49.5 Å². The second kappa shape index (κ2) is 7.42. The number of hydrogen-bond donors (Lipinski definition) is 1. The summed E-state index contributed by atoms with van der Waals surface area (Å²) in [4.78, 5) is 0. The second-order valence-electron chi connectivity index (χ2n) is 5.94. The van der Waals surface area contributed by atoms with Crippen molar-refractivity contribution in [3.8, 4) is 6.07 Å². The molecule has 20 heavy (non-hydrogen) atoms. The molecule has 0 aromatic heterocycles. The zero-order valence-electron chi connectivity index (χ0n) is 12.4. The molecule has 0 aliphatic carbocycles. The Kier molecular flexibility index (Phi) is 5.58. The van der Waals surface area contributed by atoms with E-state index in [1.54, 1.807) is 0 Å². The molecule has 0 radical (unpaired) electrons. The molecule has 0 amide bonds. The first-order valence-corrected chi connectivity index (χ1v) is 7.52. The van der Waals surface area contributed by atoms with Crippen LogP contribution in [0.4, 0.5) is 0 Å². The maximum absolute atomic E-state index is 9.31. The zero-order chi connectivity index (χ0) is 14.4. The number of nitriles is 1. The third-order valence-electron chi connectivity index (χ3n) is 3.66. The highest BCUT2D eigenvalue weighted by molar-refractivity contribution is 5.28. The summed E-state index contributed by atoms with van der Waals surface area (Å²) in [6.07, 6.45) is 3.58. The SMILES string of the molecule is CC(C)Cc1ccc(C(C#N)NCC2CCCO2)cc1. The van der Waals surface area contributed by atoms with Crippen LogP contribution in [0.1, 0.15) is 43.9 Å². The van der Waals surface area contributed by atoms with Crippen molar-refractivity contribution in [1.29, 1.82) is 5.26 Å². The van der Waals surface area contributed by atoms with Crippen LogP contribution >= 0.6 is 0 Å². The van der Waals surface area contributed by atoms with E-state index in [0.717, 1.165) is 38.0 Å². The first-order valence-electron chi connectivity index (χ1n) is 7.52. The van der Waals surface area contributed by atoms with Gasteiger partial charge in [0.05, 0.1) is 12.2 Å². The fraction of sp³-hybridized carbons (Fsp3) is 0.588. The summed E-state index contributed by atoms with van der Waals surface area (Å²) in [5.74, 6) is 0.658. The van der Waals surface area contributed by atoms with E-state index in [4.69, 9.17) is 4.74 Å². The van der Waals surface area contributed by atoms with E-state index in [1.165, 1.54) is 5.56 Å². The fourth-order valence-corrected chi connectivity index (χ4v) is 2.61. The van der Waals surface area contributed by atoms with E-state index < -0.39 is 0 Å². The van der Waals surface area contributed by atoms with Gasteiger partial charge in [-0.3, -0.25) is 5.32 Å². The lowest BCUT2D eigenvalue weighted by Crippen LogP contribution is -2.29. The van der Waals surface area contributed by atoms with Gasteiger partial charge >= 0.3 is 0 Å². The van der Waals surface area contributed by atoms with Crippen LogP contribution in [0.2, 0.25) is 0 Å². The molecule has 1 N–H and O–H groups in total. The number of rotatable bonds is 6. The summed E-state index contributed by atoms with van der Waals surface area (Å²) in [5, 5.41) is 12.6. The molecule has 3 nitrogen and oxygen atoms in total. The highest BCUT2D eigenvalue weighted by Crippen LogP contribution is 2.17. The molecule has 1 aliphatic rings. The topological polar surface area (TPSA) is 45.0 Å². The van der Waals surface area contributed by atoms with E-state index >= 15 is 0 Å². The Labute approximate surface area is 121 Å². The Morgan fingerprint density at radius 2 is 2.10 bits per heavy atom. The van der Waals surface area contributed by atoms with Gasteiger partial charge in [0.2, 0.25) is 0 Å². The van der Waals surface area contributed by atoms with E-state index in [-0.39, 0.29) is 12.1 Å². The molecule has 3 heteroatoms. The van der Waals surface area contributed by atoms with Crippen LogP contribution in [0.3, 0.4) is 0 Å². The minimum Gasteiger partial charge on any atom is -0.377 e.